The van der Waals surface area contributed by atoms with Crippen molar-refractivity contribution < 1.29 is 9.59 Å². The summed E-state index contributed by atoms with van der Waals surface area (Å²) in [7, 11) is 0. The molecule has 1 unspecified atom stereocenters. The van der Waals surface area contributed by atoms with E-state index in [9.17, 15) is 9.59 Å². The van der Waals surface area contributed by atoms with Crippen LogP contribution in [0.3, 0.4) is 0 Å². The fraction of sp³-hybridized carbons (Fsp3) is 0.111. The third-order valence-electron chi connectivity index (χ3n) is 4.29. The van der Waals surface area contributed by atoms with E-state index >= 15 is 0 Å². The zero-order chi connectivity index (χ0) is 14.6. The van der Waals surface area contributed by atoms with Gasteiger partial charge in [0.05, 0.1) is 11.3 Å². The number of amides is 1. The van der Waals surface area contributed by atoms with E-state index < -0.39 is 5.54 Å². The molecule has 0 bridgehead atoms. The Kier molecular flexibility index (Phi) is 2.25. The molecule has 0 N–H and O–H groups in total. The molecule has 0 fully saturated rings. The summed E-state index contributed by atoms with van der Waals surface area (Å²) in [5, 5.41) is 0. The molecule has 0 radical (unpaired) electrons. The average molecular weight is 275 g/mol. The van der Waals surface area contributed by atoms with Crippen LogP contribution in [-0.2, 0) is 0 Å². The maximum Gasteiger partial charge on any atom is 0.260 e. The molecule has 2 heterocycles. The molecule has 1 atom stereocenters. The molecule has 0 spiro atoms. The number of benzene rings is 2. The Labute approximate surface area is 122 Å². The molecule has 3 heteroatoms. The van der Waals surface area contributed by atoms with Crippen LogP contribution in [-0.4, -0.2) is 17.2 Å². The number of carbonyl (C=O) groups is 2. The average Bonchev–Trinajstić information content (AvgIpc) is 2.52. The van der Waals surface area contributed by atoms with Crippen LogP contribution in [0.25, 0.3) is 6.08 Å². The predicted molar refractivity (Wildman–Crippen MR) is 81.5 cm³/mol. The number of rotatable bonds is 0. The molecule has 102 valence electrons. The Bertz CT molecular complexity index is 821. The maximum atomic E-state index is 12.9. The Balaban J connectivity index is 2.03. The van der Waals surface area contributed by atoms with Crippen LogP contribution in [0.15, 0.2) is 54.6 Å². The van der Waals surface area contributed by atoms with Gasteiger partial charge in [0.2, 0.25) is 0 Å². The summed E-state index contributed by atoms with van der Waals surface area (Å²) in [5.41, 5.74) is 1.78. The van der Waals surface area contributed by atoms with Gasteiger partial charge in [-0.15, -0.1) is 0 Å². The number of fused-ring (bicyclic) bond motifs is 4. The first-order valence-corrected chi connectivity index (χ1v) is 6.89. The fourth-order valence-electron chi connectivity index (χ4n) is 3.17. The van der Waals surface area contributed by atoms with E-state index in [1.807, 2.05) is 36.4 Å². The van der Waals surface area contributed by atoms with Crippen molar-refractivity contribution in [1.82, 2.24) is 0 Å². The normalized spacial score (nSPS) is 22.6. The largest absolute Gasteiger partial charge is 0.291 e. The lowest BCUT2D eigenvalue weighted by molar-refractivity contribution is 0.0836. The molecule has 0 saturated heterocycles. The number of carbonyl (C=O) groups excluding carboxylic acids is 2. The molecular weight excluding hydrogens is 262 g/mol. The third kappa shape index (κ3) is 1.43. The number of anilines is 1. The Morgan fingerprint density at radius 3 is 2.38 bits per heavy atom. The Morgan fingerprint density at radius 1 is 0.905 bits per heavy atom. The highest BCUT2D eigenvalue weighted by atomic mass is 16.2. The number of hydrogen-bond donors (Lipinski definition) is 0. The fourth-order valence-corrected chi connectivity index (χ4v) is 3.17. The van der Waals surface area contributed by atoms with Crippen LogP contribution in [0.1, 0.15) is 33.2 Å². The smallest absolute Gasteiger partial charge is 0.260 e. The van der Waals surface area contributed by atoms with E-state index in [1.165, 1.54) is 0 Å². The molecule has 4 rings (SSSR count). The summed E-state index contributed by atoms with van der Waals surface area (Å²) >= 11 is 0. The quantitative estimate of drug-likeness (QED) is 0.739. The van der Waals surface area contributed by atoms with E-state index in [1.54, 1.807) is 36.1 Å². The highest BCUT2D eigenvalue weighted by molar-refractivity contribution is 6.26. The number of hydrogen-bond acceptors (Lipinski definition) is 2. The molecule has 0 aromatic heterocycles. The zero-order valence-corrected chi connectivity index (χ0v) is 11.5. The van der Waals surface area contributed by atoms with E-state index in [0.29, 0.717) is 11.1 Å². The van der Waals surface area contributed by atoms with Gasteiger partial charge < -0.3 is 0 Å². The van der Waals surface area contributed by atoms with E-state index in [-0.39, 0.29) is 11.7 Å². The SMILES string of the molecule is CC12C=Cc3ccccc3N1C(=O)c1ccccc1C2=O. The van der Waals surface area contributed by atoms with Crippen LogP contribution in [0.5, 0.6) is 0 Å². The standard InChI is InChI=1S/C18H13NO2/c1-18-11-10-12-6-2-5-9-15(12)19(18)17(21)14-8-4-3-7-13(14)16(18)20/h2-11H,1H3. The van der Waals surface area contributed by atoms with Gasteiger partial charge in [0, 0.05) is 5.56 Å². The number of para-hydroxylation sites is 1. The summed E-state index contributed by atoms with van der Waals surface area (Å²) in [6, 6.07) is 14.7. The molecule has 0 aliphatic carbocycles. The van der Waals surface area contributed by atoms with Crippen molar-refractivity contribution in [2.45, 2.75) is 12.5 Å². The van der Waals surface area contributed by atoms with E-state index in [2.05, 4.69) is 0 Å². The molecule has 0 saturated carbocycles. The highest BCUT2D eigenvalue weighted by Crippen LogP contribution is 2.41. The van der Waals surface area contributed by atoms with Crippen LogP contribution < -0.4 is 4.90 Å². The van der Waals surface area contributed by atoms with E-state index in [0.717, 1.165) is 11.3 Å². The Hall–Kier alpha value is -2.68. The number of nitrogens with zero attached hydrogens (tertiary/aromatic N) is 1. The minimum absolute atomic E-state index is 0.0385. The lowest BCUT2D eigenvalue weighted by Crippen LogP contribution is -2.59. The molecule has 3 nitrogen and oxygen atoms in total. The molecule has 2 aliphatic rings. The van der Waals surface area contributed by atoms with Crippen LogP contribution >= 0.6 is 0 Å². The van der Waals surface area contributed by atoms with Crippen molar-refractivity contribution >= 4 is 23.5 Å². The lowest BCUT2D eigenvalue weighted by Gasteiger charge is -2.44. The van der Waals surface area contributed by atoms with Crippen LogP contribution in [0, 0.1) is 0 Å². The number of ketones is 1. The van der Waals surface area contributed by atoms with Crippen molar-refractivity contribution in [3.05, 3.63) is 71.3 Å². The van der Waals surface area contributed by atoms with Gasteiger partial charge in [-0.1, -0.05) is 48.6 Å². The van der Waals surface area contributed by atoms with Gasteiger partial charge in [-0.2, -0.15) is 0 Å². The second-order valence-electron chi connectivity index (χ2n) is 5.55. The lowest BCUT2D eigenvalue weighted by atomic mass is 9.79. The van der Waals surface area contributed by atoms with Gasteiger partial charge in [-0.25, -0.2) is 0 Å². The summed E-state index contributed by atoms with van der Waals surface area (Å²) in [6.07, 6.45) is 3.75. The minimum atomic E-state index is -0.945. The van der Waals surface area contributed by atoms with Gasteiger partial charge in [0.15, 0.2) is 5.78 Å². The monoisotopic (exact) mass is 275 g/mol. The number of Topliss-reactive ketones (excluding diaryl/α,β-unsaturated/α-hetero) is 1. The van der Waals surface area contributed by atoms with E-state index in [4.69, 9.17) is 0 Å². The summed E-state index contributed by atoms with van der Waals surface area (Å²) < 4.78 is 0. The summed E-state index contributed by atoms with van der Waals surface area (Å²) in [6.45, 7) is 1.80. The van der Waals surface area contributed by atoms with Gasteiger partial charge in [0.25, 0.3) is 5.91 Å². The first-order valence-electron chi connectivity index (χ1n) is 6.89. The summed E-state index contributed by atoms with van der Waals surface area (Å²) in [5.74, 6) is -0.159. The molecule has 21 heavy (non-hydrogen) atoms. The van der Waals surface area contributed by atoms with Gasteiger partial charge >= 0.3 is 0 Å². The van der Waals surface area contributed by atoms with Crippen LogP contribution in [0.2, 0.25) is 0 Å². The molecular formula is C18H13NO2. The zero-order valence-electron chi connectivity index (χ0n) is 11.5. The first-order chi connectivity index (χ1) is 10.1. The molecule has 1 amide bonds. The topological polar surface area (TPSA) is 37.4 Å². The van der Waals surface area contributed by atoms with Gasteiger partial charge in [-0.3, -0.25) is 14.5 Å². The third-order valence-corrected chi connectivity index (χ3v) is 4.29. The summed E-state index contributed by atoms with van der Waals surface area (Å²) in [4.78, 5) is 27.4. The molecule has 2 aliphatic heterocycles. The second-order valence-corrected chi connectivity index (χ2v) is 5.55. The second kappa shape index (κ2) is 3.92. The maximum absolute atomic E-state index is 12.9. The predicted octanol–water partition coefficient (Wildman–Crippen LogP) is 3.32. The minimum Gasteiger partial charge on any atom is -0.291 e. The van der Waals surface area contributed by atoms with Crippen LogP contribution in [0.4, 0.5) is 5.69 Å². The van der Waals surface area contributed by atoms with Crippen molar-refractivity contribution in [3.8, 4) is 0 Å². The van der Waals surface area contributed by atoms with Crippen molar-refractivity contribution in [3.63, 3.8) is 0 Å². The molecule has 2 aromatic rings. The van der Waals surface area contributed by atoms with Gasteiger partial charge in [0.1, 0.15) is 5.54 Å². The Morgan fingerprint density at radius 2 is 1.57 bits per heavy atom. The first kappa shape index (κ1) is 12.1. The van der Waals surface area contributed by atoms with Crippen molar-refractivity contribution in [2.24, 2.45) is 0 Å². The molecule has 2 aromatic carbocycles. The van der Waals surface area contributed by atoms with Gasteiger partial charge in [-0.05, 0) is 24.6 Å². The van der Waals surface area contributed by atoms with Crippen molar-refractivity contribution in [2.75, 3.05) is 4.90 Å². The van der Waals surface area contributed by atoms with Crippen molar-refractivity contribution in [1.29, 1.82) is 0 Å². The highest BCUT2D eigenvalue weighted by Gasteiger charge is 2.48.